The molecule has 0 bridgehead atoms. The smallest absolute Gasteiger partial charge is 0.135 e. The minimum absolute atomic E-state index is 0.815. The molecule has 0 fully saturated rings. The third kappa shape index (κ3) is 4.35. The van der Waals surface area contributed by atoms with Gasteiger partial charge in [0.05, 0.1) is 22.4 Å². The van der Waals surface area contributed by atoms with Crippen LogP contribution in [0.1, 0.15) is 0 Å². The molecule has 0 amide bonds. The van der Waals surface area contributed by atoms with Gasteiger partial charge in [0.1, 0.15) is 22.3 Å². The third-order valence-corrected chi connectivity index (χ3v) is 10.1. The first kappa shape index (κ1) is 27.9. The van der Waals surface area contributed by atoms with Gasteiger partial charge in [0.2, 0.25) is 0 Å². The lowest BCUT2D eigenvalue weighted by Gasteiger charge is -2.08. The van der Waals surface area contributed by atoms with Gasteiger partial charge in [-0.25, -0.2) is 0 Å². The van der Waals surface area contributed by atoms with Crippen LogP contribution >= 0.6 is 0 Å². The summed E-state index contributed by atoms with van der Waals surface area (Å²) in [5.41, 5.74) is 12.9. The van der Waals surface area contributed by atoms with E-state index in [2.05, 4.69) is 126 Å². The molecule has 11 rings (SSSR count). The predicted molar refractivity (Wildman–Crippen MR) is 207 cm³/mol. The Morgan fingerprint density at radius 3 is 1.41 bits per heavy atom. The molecule has 5 nitrogen and oxygen atoms in total. The Morgan fingerprint density at radius 2 is 0.804 bits per heavy atom. The number of nitrogens with zero attached hydrogens (tertiary/aromatic N) is 3. The van der Waals surface area contributed by atoms with E-state index >= 15 is 0 Å². The molecular weight excluding hydrogens is 627 g/mol. The van der Waals surface area contributed by atoms with Crippen molar-refractivity contribution >= 4 is 65.7 Å². The molecule has 0 aliphatic rings. The highest BCUT2D eigenvalue weighted by atomic mass is 16.3. The van der Waals surface area contributed by atoms with E-state index in [9.17, 15) is 0 Å². The maximum Gasteiger partial charge on any atom is 0.135 e. The second-order valence-electron chi connectivity index (χ2n) is 13.0. The molecule has 0 atom stereocenters. The molecule has 0 saturated carbocycles. The third-order valence-electron chi connectivity index (χ3n) is 10.1. The van der Waals surface area contributed by atoms with Crippen LogP contribution in [0.4, 0.5) is 0 Å². The molecule has 5 heterocycles. The van der Waals surface area contributed by atoms with E-state index in [1.54, 1.807) is 0 Å². The number of para-hydroxylation sites is 3. The molecular formula is C46H27N3O2. The molecule has 11 aromatic rings. The second kappa shape index (κ2) is 10.8. The highest BCUT2D eigenvalue weighted by Crippen LogP contribution is 2.38. The number of aromatic nitrogens is 3. The van der Waals surface area contributed by atoms with E-state index in [4.69, 9.17) is 18.8 Å². The van der Waals surface area contributed by atoms with Crippen LogP contribution in [0.5, 0.6) is 0 Å². The number of rotatable bonds is 4. The average molecular weight is 654 g/mol. The summed E-state index contributed by atoms with van der Waals surface area (Å²) in [5, 5.41) is 6.86. The van der Waals surface area contributed by atoms with Crippen molar-refractivity contribution in [1.29, 1.82) is 0 Å². The van der Waals surface area contributed by atoms with Crippen molar-refractivity contribution in [3.8, 4) is 39.3 Å². The summed E-state index contributed by atoms with van der Waals surface area (Å²) in [5.74, 6) is 0. The molecule has 238 valence electrons. The first-order valence-corrected chi connectivity index (χ1v) is 17.0. The monoisotopic (exact) mass is 653 g/mol. The fourth-order valence-electron chi connectivity index (χ4n) is 7.69. The summed E-state index contributed by atoms with van der Waals surface area (Å²) in [7, 11) is 0. The van der Waals surface area contributed by atoms with Crippen molar-refractivity contribution in [2.75, 3.05) is 0 Å². The number of fused-ring (bicyclic) bond motifs is 9. The van der Waals surface area contributed by atoms with Crippen LogP contribution in [0.2, 0.25) is 0 Å². The summed E-state index contributed by atoms with van der Waals surface area (Å²) >= 11 is 0. The fraction of sp³-hybridized carbons (Fsp3) is 0. The van der Waals surface area contributed by atoms with Crippen LogP contribution in [0, 0.1) is 0 Å². The highest BCUT2D eigenvalue weighted by Gasteiger charge is 2.16. The molecule has 5 aromatic heterocycles. The summed E-state index contributed by atoms with van der Waals surface area (Å²) in [6.45, 7) is 0. The molecule has 51 heavy (non-hydrogen) atoms. The van der Waals surface area contributed by atoms with Crippen molar-refractivity contribution in [2.24, 2.45) is 0 Å². The minimum atomic E-state index is 0.815. The Labute approximate surface area is 291 Å². The molecule has 0 radical (unpaired) electrons. The van der Waals surface area contributed by atoms with Crippen LogP contribution in [0.25, 0.3) is 105 Å². The molecule has 0 spiro atoms. The Hall–Kier alpha value is -6.98. The molecule has 5 heteroatoms. The van der Waals surface area contributed by atoms with E-state index < -0.39 is 0 Å². The number of pyridine rings is 2. The van der Waals surface area contributed by atoms with Gasteiger partial charge in [-0.3, -0.25) is 9.97 Å². The number of furan rings is 2. The van der Waals surface area contributed by atoms with Crippen molar-refractivity contribution in [2.45, 2.75) is 0 Å². The van der Waals surface area contributed by atoms with E-state index in [0.29, 0.717) is 0 Å². The highest BCUT2D eigenvalue weighted by molar-refractivity contribution is 6.11. The Bertz CT molecular complexity index is 3110. The van der Waals surface area contributed by atoms with Crippen molar-refractivity contribution in [3.05, 3.63) is 164 Å². The quantitative estimate of drug-likeness (QED) is 0.190. The second-order valence-corrected chi connectivity index (χ2v) is 13.0. The van der Waals surface area contributed by atoms with Gasteiger partial charge in [-0.05, 0) is 107 Å². The van der Waals surface area contributed by atoms with Gasteiger partial charge in [0.15, 0.2) is 0 Å². The van der Waals surface area contributed by atoms with Crippen LogP contribution in [-0.4, -0.2) is 14.5 Å². The largest absolute Gasteiger partial charge is 0.456 e. The SMILES string of the molecule is c1ccc2c(c1)oc1ccc(-c3ccnc(-c4cc(-c5ccc6oc7ccc(-n8c9ccccc9c9ccccc98)cc7c6c5)ccn4)c3)cc12. The summed E-state index contributed by atoms with van der Waals surface area (Å²) in [6, 6.07) is 52.9. The van der Waals surface area contributed by atoms with Crippen molar-refractivity contribution < 1.29 is 8.83 Å². The molecule has 0 aliphatic carbocycles. The molecule has 0 unspecified atom stereocenters. The zero-order valence-electron chi connectivity index (χ0n) is 27.2. The summed E-state index contributed by atoms with van der Waals surface area (Å²) in [6.07, 6.45) is 3.72. The number of hydrogen-bond acceptors (Lipinski definition) is 4. The van der Waals surface area contributed by atoms with Crippen LogP contribution in [0.15, 0.2) is 173 Å². The van der Waals surface area contributed by atoms with Gasteiger partial charge >= 0.3 is 0 Å². The maximum absolute atomic E-state index is 6.35. The van der Waals surface area contributed by atoms with E-state index in [1.165, 1.54) is 21.8 Å². The lowest BCUT2D eigenvalue weighted by Crippen LogP contribution is -1.93. The normalized spacial score (nSPS) is 11.9. The molecule has 0 N–H and O–H groups in total. The van der Waals surface area contributed by atoms with Crippen LogP contribution in [0.3, 0.4) is 0 Å². The van der Waals surface area contributed by atoms with Crippen LogP contribution < -0.4 is 0 Å². The molecule has 0 saturated heterocycles. The molecule has 0 aliphatic heterocycles. The van der Waals surface area contributed by atoms with Crippen molar-refractivity contribution in [1.82, 2.24) is 14.5 Å². The zero-order valence-corrected chi connectivity index (χ0v) is 27.2. The Kier molecular flexibility index (Phi) is 5.89. The number of hydrogen-bond donors (Lipinski definition) is 0. The lowest BCUT2D eigenvalue weighted by atomic mass is 10.0. The Balaban J connectivity index is 0.989. The summed E-state index contributed by atoms with van der Waals surface area (Å²) < 4.78 is 14.8. The van der Waals surface area contributed by atoms with Gasteiger partial charge < -0.3 is 13.4 Å². The average Bonchev–Trinajstić information content (AvgIpc) is 3.86. The van der Waals surface area contributed by atoms with Gasteiger partial charge in [0.25, 0.3) is 0 Å². The fourth-order valence-corrected chi connectivity index (χ4v) is 7.69. The van der Waals surface area contributed by atoms with Gasteiger partial charge in [0, 0.05) is 50.4 Å². The zero-order chi connectivity index (χ0) is 33.5. The first-order valence-electron chi connectivity index (χ1n) is 17.0. The maximum atomic E-state index is 6.35. The standard InChI is InChI=1S/C46H27N3O2/c1-4-10-41-33(7-1)34-8-2-5-11-42(34)49(41)32-15-18-46-38(27-32)37-24-29(14-17-45(37)51-46)31-20-22-48-40(26-31)39-25-30(19-21-47-39)28-13-16-44-36(23-28)35-9-3-6-12-43(35)50-44/h1-27H. The van der Waals surface area contributed by atoms with E-state index in [1.807, 2.05) is 42.7 Å². The van der Waals surface area contributed by atoms with Gasteiger partial charge in [-0.2, -0.15) is 0 Å². The summed E-state index contributed by atoms with van der Waals surface area (Å²) in [4.78, 5) is 9.48. The molecule has 6 aromatic carbocycles. The van der Waals surface area contributed by atoms with Gasteiger partial charge in [-0.15, -0.1) is 0 Å². The minimum Gasteiger partial charge on any atom is -0.456 e. The van der Waals surface area contributed by atoms with E-state index in [0.717, 1.165) is 83.2 Å². The predicted octanol–water partition coefficient (Wildman–Crippen LogP) is 12.4. The first-order chi connectivity index (χ1) is 25.2. The van der Waals surface area contributed by atoms with Crippen LogP contribution in [-0.2, 0) is 0 Å². The van der Waals surface area contributed by atoms with Gasteiger partial charge in [-0.1, -0.05) is 66.7 Å². The van der Waals surface area contributed by atoms with E-state index in [-0.39, 0.29) is 0 Å². The van der Waals surface area contributed by atoms with Crippen molar-refractivity contribution in [3.63, 3.8) is 0 Å². The Morgan fingerprint density at radius 1 is 0.353 bits per heavy atom. The topological polar surface area (TPSA) is 57.0 Å². The number of benzene rings is 6. The lowest BCUT2D eigenvalue weighted by molar-refractivity contribution is 0.668.